The molecule has 3 amide bonds. The fourth-order valence-corrected chi connectivity index (χ4v) is 2.79. The molecule has 1 aromatic heterocycles. The van der Waals surface area contributed by atoms with Gasteiger partial charge < -0.3 is 5.32 Å². The highest BCUT2D eigenvalue weighted by atomic mass is 16.2. The Hall–Kier alpha value is -3.80. The average molecular weight is 343 g/mol. The maximum absolute atomic E-state index is 12.5. The summed E-state index contributed by atoms with van der Waals surface area (Å²) in [6.07, 6.45) is 1.48. The minimum atomic E-state index is -0.466. The summed E-state index contributed by atoms with van der Waals surface area (Å²) in [6, 6.07) is 18.6. The Labute approximate surface area is 149 Å². The lowest BCUT2D eigenvalue weighted by Crippen LogP contribution is -2.29. The number of hydrogen-bond donors (Lipinski definition) is 1. The fraction of sp³-hybridized carbons (Fsp3) is 0. The molecular formula is C20H13N3O3. The Kier molecular flexibility index (Phi) is 3.78. The number of nitrogens with zero attached hydrogens (tertiary/aromatic N) is 2. The summed E-state index contributed by atoms with van der Waals surface area (Å²) in [4.78, 5) is 42.2. The van der Waals surface area contributed by atoms with Crippen molar-refractivity contribution in [1.82, 2.24) is 4.98 Å². The Bertz CT molecular complexity index is 979. The minimum absolute atomic E-state index is 0.142. The van der Waals surface area contributed by atoms with Gasteiger partial charge in [0.05, 0.1) is 11.3 Å². The van der Waals surface area contributed by atoms with Crippen molar-refractivity contribution in [2.45, 2.75) is 0 Å². The molecule has 2 heterocycles. The van der Waals surface area contributed by atoms with Gasteiger partial charge in [0.15, 0.2) is 0 Å². The van der Waals surface area contributed by atoms with Crippen LogP contribution in [0.15, 0.2) is 72.9 Å². The first-order valence-corrected chi connectivity index (χ1v) is 7.95. The third kappa shape index (κ3) is 2.63. The van der Waals surface area contributed by atoms with Crippen molar-refractivity contribution in [2.24, 2.45) is 0 Å². The Morgan fingerprint density at radius 3 is 2.27 bits per heavy atom. The maximum Gasteiger partial charge on any atom is 0.284 e. The van der Waals surface area contributed by atoms with Gasteiger partial charge in [0, 0.05) is 17.4 Å². The number of nitrogens with one attached hydrogen (secondary N) is 1. The molecule has 3 aromatic rings. The SMILES string of the molecule is O=C(Nc1ccccc1)c1ccc(N2C(=O)c3cccnc3C2=O)cc1. The number of pyridine rings is 1. The third-order valence-electron chi connectivity index (χ3n) is 4.07. The van der Waals surface area contributed by atoms with Gasteiger partial charge in [0.25, 0.3) is 17.7 Å². The van der Waals surface area contributed by atoms with Crippen molar-refractivity contribution in [2.75, 3.05) is 10.2 Å². The van der Waals surface area contributed by atoms with E-state index in [9.17, 15) is 14.4 Å². The number of aromatic nitrogens is 1. The molecule has 0 saturated heterocycles. The predicted octanol–water partition coefficient (Wildman–Crippen LogP) is 3.13. The summed E-state index contributed by atoms with van der Waals surface area (Å²) in [5.74, 6) is -1.15. The number of rotatable bonds is 3. The van der Waals surface area contributed by atoms with E-state index in [1.807, 2.05) is 18.2 Å². The highest BCUT2D eigenvalue weighted by Gasteiger charge is 2.37. The van der Waals surface area contributed by atoms with Crippen LogP contribution in [0.4, 0.5) is 11.4 Å². The van der Waals surface area contributed by atoms with Crippen LogP contribution in [-0.2, 0) is 0 Å². The topological polar surface area (TPSA) is 79.4 Å². The number of carbonyl (C=O) groups is 3. The Morgan fingerprint density at radius 1 is 0.846 bits per heavy atom. The normalized spacial score (nSPS) is 12.8. The number of imide groups is 1. The summed E-state index contributed by atoms with van der Waals surface area (Å²) in [5, 5.41) is 2.78. The molecule has 0 unspecified atom stereocenters. The first-order valence-electron chi connectivity index (χ1n) is 7.95. The molecule has 1 aliphatic heterocycles. The highest BCUT2D eigenvalue weighted by molar-refractivity contribution is 6.33. The van der Waals surface area contributed by atoms with Crippen LogP contribution in [0, 0.1) is 0 Å². The zero-order chi connectivity index (χ0) is 18.1. The van der Waals surface area contributed by atoms with E-state index in [0.717, 1.165) is 4.90 Å². The molecule has 1 N–H and O–H groups in total. The van der Waals surface area contributed by atoms with Crippen LogP contribution in [0.3, 0.4) is 0 Å². The zero-order valence-corrected chi connectivity index (χ0v) is 13.5. The molecule has 26 heavy (non-hydrogen) atoms. The van der Waals surface area contributed by atoms with Crippen molar-refractivity contribution in [3.63, 3.8) is 0 Å². The van der Waals surface area contributed by atoms with Crippen LogP contribution in [0.2, 0.25) is 0 Å². The van der Waals surface area contributed by atoms with Crippen molar-refractivity contribution < 1.29 is 14.4 Å². The molecule has 0 fully saturated rings. The van der Waals surface area contributed by atoms with E-state index in [4.69, 9.17) is 0 Å². The zero-order valence-electron chi connectivity index (χ0n) is 13.5. The lowest BCUT2D eigenvalue weighted by atomic mass is 10.1. The second kappa shape index (κ2) is 6.25. The lowest BCUT2D eigenvalue weighted by Gasteiger charge is -2.14. The molecule has 0 aliphatic carbocycles. The summed E-state index contributed by atoms with van der Waals surface area (Å²) in [6.45, 7) is 0. The number of carbonyl (C=O) groups excluding carboxylic acids is 3. The lowest BCUT2D eigenvalue weighted by molar-refractivity contribution is 0.0924. The maximum atomic E-state index is 12.5. The van der Waals surface area contributed by atoms with Gasteiger partial charge in [-0.2, -0.15) is 0 Å². The van der Waals surface area contributed by atoms with Gasteiger partial charge in [0.1, 0.15) is 5.69 Å². The number of hydrogen-bond acceptors (Lipinski definition) is 4. The van der Waals surface area contributed by atoms with Crippen molar-refractivity contribution in [3.8, 4) is 0 Å². The predicted molar refractivity (Wildman–Crippen MR) is 96.2 cm³/mol. The van der Waals surface area contributed by atoms with Crippen LogP contribution in [-0.4, -0.2) is 22.7 Å². The highest BCUT2D eigenvalue weighted by Crippen LogP contribution is 2.27. The van der Waals surface area contributed by atoms with Crippen LogP contribution < -0.4 is 10.2 Å². The Morgan fingerprint density at radius 2 is 1.58 bits per heavy atom. The largest absolute Gasteiger partial charge is 0.322 e. The van der Waals surface area contributed by atoms with Crippen molar-refractivity contribution in [1.29, 1.82) is 0 Å². The van der Waals surface area contributed by atoms with E-state index in [2.05, 4.69) is 10.3 Å². The van der Waals surface area contributed by atoms with E-state index >= 15 is 0 Å². The molecule has 126 valence electrons. The number of benzene rings is 2. The van der Waals surface area contributed by atoms with Crippen molar-refractivity contribution in [3.05, 3.63) is 89.7 Å². The summed E-state index contributed by atoms with van der Waals surface area (Å²) in [5.41, 5.74) is 1.93. The molecule has 0 spiro atoms. The van der Waals surface area contributed by atoms with Crippen LogP contribution >= 0.6 is 0 Å². The summed E-state index contributed by atoms with van der Waals surface area (Å²) >= 11 is 0. The molecule has 6 heteroatoms. The number of para-hydroxylation sites is 1. The van der Waals surface area contributed by atoms with Gasteiger partial charge in [-0.05, 0) is 48.5 Å². The van der Waals surface area contributed by atoms with Gasteiger partial charge in [-0.15, -0.1) is 0 Å². The summed E-state index contributed by atoms with van der Waals surface area (Å²) < 4.78 is 0. The molecular weight excluding hydrogens is 330 g/mol. The molecule has 0 saturated carbocycles. The molecule has 2 aromatic carbocycles. The van der Waals surface area contributed by atoms with E-state index < -0.39 is 11.8 Å². The first-order chi connectivity index (χ1) is 12.6. The Balaban J connectivity index is 1.56. The molecule has 0 radical (unpaired) electrons. The van der Waals surface area contributed by atoms with E-state index in [1.54, 1.807) is 48.5 Å². The average Bonchev–Trinajstić information content (AvgIpc) is 2.94. The van der Waals surface area contributed by atoms with E-state index in [0.29, 0.717) is 16.9 Å². The first kappa shape index (κ1) is 15.7. The second-order valence-electron chi connectivity index (χ2n) is 5.71. The van der Waals surface area contributed by atoms with Crippen LogP contribution in [0.5, 0.6) is 0 Å². The van der Waals surface area contributed by atoms with Gasteiger partial charge in [-0.25, -0.2) is 4.90 Å². The van der Waals surface area contributed by atoms with Gasteiger partial charge in [0.2, 0.25) is 0 Å². The smallest absolute Gasteiger partial charge is 0.284 e. The van der Waals surface area contributed by atoms with E-state index in [1.165, 1.54) is 6.20 Å². The van der Waals surface area contributed by atoms with E-state index in [-0.39, 0.29) is 17.2 Å². The second-order valence-corrected chi connectivity index (χ2v) is 5.71. The molecule has 6 nitrogen and oxygen atoms in total. The van der Waals surface area contributed by atoms with Gasteiger partial charge in [-0.3, -0.25) is 19.4 Å². The quantitative estimate of drug-likeness (QED) is 0.741. The number of amides is 3. The van der Waals surface area contributed by atoms with Crippen LogP contribution in [0.1, 0.15) is 31.2 Å². The minimum Gasteiger partial charge on any atom is -0.322 e. The van der Waals surface area contributed by atoms with Crippen molar-refractivity contribution >= 4 is 29.1 Å². The molecule has 0 bridgehead atoms. The number of fused-ring (bicyclic) bond motifs is 1. The summed E-state index contributed by atoms with van der Waals surface area (Å²) in [7, 11) is 0. The third-order valence-corrected chi connectivity index (χ3v) is 4.07. The molecule has 4 rings (SSSR count). The number of anilines is 2. The van der Waals surface area contributed by atoms with Gasteiger partial charge >= 0.3 is 0 Å². The molecule has 0 atom stereocenters. The van der Waals surface area contributed by atoms with Gasteiger partial charge in [-0.1, -0.05) is 18.2 Å². The standard InChI is InChI=1S/C20H13N3O3/c24-18(22-14-5-2-1-3-6-14)13-8-10-15(11-9-13)23-19(25)16-7-4-12-21-17(16)20(23)26/h1-12H,(H,22,24). The molecule has 1 aliphatic rings. The fourth-order valence-electron chi connectivity index (χ4n) is 2.79. The van der Waals surface area contributed by atoms with Crippen LogP contribution in [0.25, 0.3) is 0 Å². The monoisotopic (exact) mass is 343 g/mol.